The quantitative estimate of drug-likeness (QED) is 0.567. The summed E-state index contributed by atoms with van der Waals surface area (Å²) in [7, 11) is 0. The van der Waals surface area contributed by atoms with Gasteiger partial charge in [0.05, 0.1) is 13.2 Å². The summed E-state index contributed by atoms with van der Waals surface area (Å²) in [6.07, 6.45) is 4.35. The van der Waals surface area contributed by atoms with Crippen molar-refractivity contribution in [3.8, 4) is 0 Å². The standard InChI is InChI=1S/C10H14O3/c11-6-8-7-1-2-9(8)10(5-7)12-3-4-13-10/h6-9H,1-5H2/t7-,8+,9-/m1/s1. The highest BCUT2D eigenvalue weighted by molar-refractivity contribution is 5.57. The van der Waals surface area contributed by atoms with Gasteiger partial charge in [-0.2, -0.15) is 0 Å². The van der Waals surface area contributed by atoms with Crippen molar-refractivity contribution in [2.24, 2.45) is 17.8 Å². The lowest BCUT2D eigenvalue weighted by molar-refractivity contribution is -0.193. The van der Waals surface area contributed by atoms with Crippen LogP contribution in [0.2, 0.25) is 0 Å². The predicted molar refractivity (Wildman–Crippen MR) is 45.0 cm³/mol. The number of carbonyl (C=O) groups is 1. The minimum absolute atomic E-state index is 0.207. The van der Waals surface area contributed by atoms with Crippen LogP contribution in [0.3, 0.4) is 0 Å². The minimum atomic E-state index is -0.353. The maximum absolute atomic E-state index is 10.9. The van der Waals surface area contributed by atoms with Crippen LogP contribution in [0.4, 0.5) is 0 Å². The largest absolute Gasteiger partial charge is 0.347 e. The molecule has 0 radical (unpaired) electrons. The Morgan fingerprint density at radius 2 is 2.00 bits per heavy atom. The van der Waals surface area contributed by atoms with Gasteiger partial charge in [-0.15, -0.1) is 0 Å². The number of carbonyl (C=O) groups excluding carboxylic acids is 1. The number of ether oxygens (including phenoxy) is 2. The molecule has 0 unspecified atom stereocenters. The molecular weight excluding hydrogens is 168 g/mol. The summed E-state index contributed by atoms with van der Waals surface area (Å²) in [6, 6.07) is 0. The molecule has 72 valence electrons. The molecule has 2 saturated carbocycles. The molecule has 3 nitrogen and oxygen atoms in total. The number of rotatable bonds is 1. The van der Waals surface area contributed by atoms with E-state index in [9.17, 15) is 4.79 Å². The lowest BCUT2D eigenvalue weighted by Gasteiger charge is -2.31. The number of aldehydes is 1. The zero-order valence-electron chi connectivity index (χ0n) is 7.57. The molecule has 1 aliphatic heterocycles. The molecule has 3 fully saturated rings. The summed E-state index contributed by atoms with van der Waals surface area (Å²) in [6.45, 7) is 1.41. The van der Waals surface area contributed by atoms with Crippen molar-refractivity contribution < 1.29 is 14.3 Å². The molecule has 3 aliphatic rings. The third-order valence-electron chi connectivity index (χ3n) is 3.90. The Hall–Kier alpha value is -0.410. The SMILES string of the molecule is O=C[C@H]1[C@@H]2CC[C@H]1C1(C2)OCCO1. The topological polar surface area (TPSA) is 35.5 Å². The van der Waals surface area contributed by atoms with Gasteiger partial charge in [0.15, 0.2) is 5.79 Å². The highest BCUT2D eigenvalue weighted by Crippen LogP contribution is 2.57. The molecule has 0 aromatic carbocycles. The van der Waals surface area contributed by atoms with Gasteiger partial charge in [0.1, 0.15) is 6.29 Å². The van der Waals surface area contributed by atoms with Gasteiger partial charge in [0, 0.05) is 18.3 Å². The predicted octanol–water partition coefficient (Wildman–Crippen LogP) is 0.974. The highest BCUT2D eigenvalue weighted by atomic mass is 16.7. The van der Waals surface area contributed by atoms with Crippen LogP contribution in [0.25, 0.3) is 0 Å². The van der Waals surface area contributed by atoms with Crippen molar-refractivity contribution in [2.45, 2.75) is 25.0 Å². The van der Waals surface area contributed by atoms with Crippen LogP contribution in [0.15, 0.2) is 0 Å². The first kappa shape index (κ1) is 7.94. The summed E-state index contributed by atoms with van der Waals surface area (Å²) < 4.78 is 11.4. The molecule has 2 aliphatic carbocycles. The number of fused-ring (bicyclic) bond motifs is 3. The van der Waals surface area contributed by atoms with E-state index in [1.165, 1.54) is 6.42 Å². The van der Waals surface area contributed by atoms with E-state index in [0.717, 1.165) is 19.1 Å². The number of hydrogen-bond acceptors (Lipinski definition) is 3. The van der Waals surface area contributed by atoms with Crippen molar-refractivity contribution >= 4 is 6.29 Å². The highest BCUT2D eigenvalue weighted by Gasteiger charge is 2.60. The first-order chi connectivity index (χ1) is 6.36. The summed E-state index contributed by atoms with van der Waals surface area (Å²) in [5.74, 6) is 0.727. The molecule has 3 rings (SSSR count). The maximum Gasteiger partial charge on any atom is 0.172 e. The lowest BCUT2D eigenvalue weighted by atomic mass is 9.93. The molecule has 3 heteroatoms. The minimum Gasteiger partial charge on any atom is -0.347 e. The first-order valence-corrected chi connectivity index (χ1v) is 5.09. The molecule has 13 heavy (non-hydrogen) atoms. The fraction of sp³-hybridized carbons (Fsp3) is 0.900. The number of hydrogen-bond donors (Lipinski definition) is 0. The molecule has 1 spiro atoms. The van der Waals surface area contributed by atoms with E-state index < -0.39 is 0 Å². The van der Waals surface area contributed by atoms with Crippen molar-refractivity contribution in [3.63, 3.8) is 0 Å². The normalized spacial score (nSPS) is 46.0. The second-order valence-electron chi connectivity index (χ2n) is 4.37. The Morgan fingerprint density at radius 1 is 1.23 bits per heavy atom. The van der Waals surface area contributed by atoms with E-state index in [1.807, 2.05) is 0 Å². The second-order valence-corrected chi connectivity index (χ2v) is 4.37. The van der Waals surface area contributed by atoms with Gasteiger partial charge in [-0.05, 0) is 18.8 Å². The van der Waals surface area contributed by atoms with E-state index in [-0.39, 0.29) is 11.7 Å². The Morgan fingerprint density at radius 3 is 2.62 bits per heavy atom. The molecule has 3 atom stereocenters. The molecule has 1 saturated heterocycles. The molecular formula is C10H14O3. The van der Waals surface area contributed by atoms with E-state index in [0.29, 0.717) is 25.0 Å². The van der Waals surface area contributed by atoms with Gasteiger partial charge in [-0.25, -0.2) is 0 Å². The van der Waals surface area contributed by atoms with Crippen molar-refractivity contribution in [1.29, 1.82) is 0 Å². The lowest BCUT2D eigenvalue weighted by Crippen LogP contribution is -2.37. The molecule has 1 heterocycles. The van der Waals surface area contributed by atoms with E-state index in [2.05, 4.69) is 0 Å². The Bertz CT molecular complexity index is 232. The van der Waals surface area contributed by atoms with Crippen LogP contribution >= 0.6 is 0 Å². The first-order valence-electron chi connectivity index (χ1n) is 5.09. The summed E-state index contributed by atoms with van der Waals surface area (Å²) in [5.41, 5.74) is 0. The molecule has 2 bridgehead atoms. The fourth-order valence-corrected chi connectivity index (χ4v) is 3.38. The van der Waals surface area contributed by atoms with E-state index in [1.54, 1.807) is 0 Å². The van der Waals surface area contributed by atoms with Gasteiger partial charge < -0.3 is 14.3 Å². The molecule has 0 aromatic rings. The van der Waals surface area contributed by atoms with Crippen LogP contribution in [0.1, 0.15) is 19.3 Å². The Kier molecular flexibility index (Phi) is 1.56. The third kappa shape index (κ3) is 0.891. The van der Waals surface area contributed by atoms with Crippen LogP contribution in [-0.4, -0.2) is 25.3 Å². The second kappa shape index (κ2) is 2.55. The van der Waals surface area contributed by atoms with Crippen molar-refractivity contribution in [2.75, 3.05) is 13.2 Å². The van der Waals surface area contributed by atoms with Gasteiger partial charge in [-0.1, -0.05) is 0 Å². The van der Waals surface area contributed by atoms with Crippen molar-refractivity contribution in [1.82, 2.24) is 0 Å². The van der Waals surface area contributed by atoms with Crippen LogP contribution < -0.4 is 0 Å². The summed E-state index contributed by atoms with van der Waals surface area (Å²) in [5, 5.41) is 0. The fourth-order valence-electron chi connectivity index (χ4n) is 3.38. The van der Waals surface area contributed by atoms with Crippen LogP contribution in [0.5, 0.6) is 0 Å². The Labute approximate surface area is 77.4 Å². The van der Waals surface area contributed by atoms with Crippen molar-refractivity contribution in [3.05, 3.63) is 0 Å². The Balaban J connectivity index is 1.91. The zero-order valence-corrected chi connectivity index (χ0v) is 7.57. The van der Waals surface area contributed by atoms with Gasteiger partial charge >= 0.3 is 0 Å². The van der Waals surface area contributed by atoms with Crippen LogP contribution in [0, 0.1) is 17.8 Å². The average molecular weight is 182 g/mol. The molecule has 0 N–H and O–H groups in total. The summed E-state index contributed by atoms with van der Waals surface area (Å²) >= 11 is 0. The van der Waals surface area contributed by atoms with E-state index in [4.69, 9.17) is 9.47 Å². The molecule has 0 aromatic heterocycles. The van der Waals surface area contributed by atoms with Gasteiger partial charge in [0.25, 0.3) is 0 Å². The van der Waals surface area contributed by atoms with Crippen LogP contribution in [-0.2, 0) is 14.3 Å². The van der Waals surface area contributed by atoms with Gasteiger partial charge in [0.2, 0.25) is 0 Å². The van der Waals surface area contributed by atoms with Gasteiger partial charge in [-0.3, -0.25) is 0 Å². The smallest absolute Gasteiger partial charge is 0.172 e. The molecule has 0 amide bonds. The average Bonchev–Trinajstić information content (AvgIpc) is 2.79. The third-order valence-corrected chi connectivity index (χ3v) is 3.90. The zero-order chi connectivity index (χ0) is 8.89. The van der Waals surface area contributed by atoms with E-state index >= 15 is 0 Å². The summed E-state index contributed by atoms with van der Waals surface area (Å²) in [4.78, 5) is 10.9. The maximum atomic E-state index is 10.9. The monoisotopic (exact) mass is 182 g/mol.